The Morgan fingerprint density at radius 3 is 1.06 bits per heavy atom. The van der Waals surface area contributed by atoms with Crippen LogP contribution in [0.25, 0.3) is 55.6 Å². The molecule has 0 heterocycles. The average molecular weight is 979 g/mol. The number of rotatable bonds is 4. The molecule has 0 atom stereocenters. The summed E-state index contributed by atoms with van der Waals surface area (Å²) in [6, 6.07) is 84.4. The maximum absolute atomic E-state index is 3.88. The Labute approximate surface area is 423 Å². The largest absolute Gasteiger partial charge is 1.00 e. The Kier molecular flexibility index (Phi) is 20.9. The third kappa shape index (κ3) is 14.5. The molecule has 0 N–H and O–H groups in total. The van der Waals surface area contributed by atoms with Gasteiger partial charge in [-0.3, -0.25) is 0 Å². The van der Waals surface area contributed by atoms with Crippen molar-refractivity contribution in [3.63, 3.8) is 0 Å². The van der Waals surface area contributed by atoms with E-state index in [0.717, 1.165) is 6.42 Å². The molecule has 0 saturated heterocycles. The first-order valence-corrected chi connectivity index (χ1v) is 23.9. The van der Waals surface area contributed by atoms with Crippen LogP contribution in [-0.2, 0) is 41.5 Å². The van der Waals surface area contributed by atoms with Gasteiger partial charge in [0, 0.05) is 0 Å². The van der Waals surface area contributed by atoms with E-state index in [1.807, 2.05) is 54.6 Å². The van der Waals surface area contributed by atoms with Crippen molar-refractivity contribution in [2.75, 3.05) is 0 Å². The van der Waals surface area contributed by atoms with Crippen molar-refractivity contribution in [2.45, 2.75) is 58.8 Å². The number of hydrogen-bond donors (Lipinski definition) is 0. The van der Waals surface area contributed by atoms with Crippen LogP contribution in [0.3, 0.4) is 0 Å². The van der Waals surface area contributed by atoms with E-state index in [1.165, 1.54) is 102 Å². The molecule has 0 nitrogen and oxygen atoms in total. The molecule has 9 aromatic carbocycles. The van der Waals surface area contributed by atoms with Crippen molar-refractivity contribution in [1.82, 2.24) is 0 Å². The van der Waals surface area contributed by atoms with Crippen molar-refractivity contribution in [2.24, 2.45) is 0 Å². The van der Waals surface area contributed by atoms with Crippen LogP contribution in [0.2, 0.25) is 0 Å². The van der Waals surface area contributed by atoms with Crippen molar-refractivity contribution < 1.29 is 49.0 Å². The first kappa shape index (κ1) is 53.1. The van der Waals surface area contributed by atoms with Gasteiger partial charge in [0.25, 0.3) is 0 Å². The van der Waals surface area contributed by atoms with Gasteiger partial charge in [0.05, 0.1) is 0 Å². The van der Waals surface area contributed by atoms with Gasteiger partial charge < -0.3 is 24.8 Å². The zero-order valence-corrected chi connectivity index (χ0v) is 43.1. The number of halogens is 2. The fourth-order valence-corrected chi connectivity index (χ4v) is 7.95. The zero-order valence-electron chi connectivity index (χ0n) is 39.1. The molecule has 332 valence electrons. The molecule has 1 aliphatic carbocycles. The zero-order chi connectivity index (χ0) is 45.4. The molecule has 0 bridgehead atoms. The van der Waals surface area contributed by atoms with Gasteiger partial charge in [-0.2, -0.15) is 18.2 Å². The fourth-order valence-electron chi connectivity index (χ4n) is 7.95. The summed E-state index contributed by atoms with van der Waals surface area (Å²) in [6.45, 7) is 13.9. The second-order valence-electron chi connectivity index (χ2n) is 17.8. The van der Waals surface area contributed by atoms with Gasteiger partial charge in [0.1, 0.15) is 0 Å². The molecule has 3 heteroatoms. The minimum atomic E-state index is 0. The fraction of sp³-hybridized carbons (Fsp3) is 0.143. The van der Waals surface area contributed by atoms with Crippen LogP contribution < -0.4 is 24.8 Å². The summed E-state index contributed by atoms with van der Waals surface area (Å²) in [5, 5.41) is 0. The number of fused-ring (bicyclic) bond motifs is 3. The first-order valence-electron chi connectivity index (χ1n) is 22.2. The summed E-state index contributed by atoms with van der Waals surface area (Å²) in [6.07, 6.45) is 0.944. The predicted octanol–water partition coefficient (Wildman–Crippen LogP) is 11.1. The van der Waals surface area contributed by atoms with Gasteiger partial charge in [0.15, 0.2) is 0 Å². The quantitative estimate of drug-likeness (QED) is 0.154. The van der Waals surface area contributed by atoms with Crippen LogP contribution in [0.1, 0.15) is 63.8 Å². The van der Waals surface area contributed by atoms with Crippen molar-refractivity contribution in [3.05, 3.63) is 259 Å². The molecule has 0 radical (unpaired) electrons. The summed E-state index contributed by atoms with van der Waals surface area (Å²) < 4.78 is 3.34. The summed E-state index contributed by atoms with van der Waals surface area (Å²) in [4.78, 5) is 0. The summed E-state index contributed by atoms with van der Waals surface area (Å²) in [7, 11) is 0. The average Bonchev–Trinajstić information content (AvgIpc) is 4.05. The third-order valence-corrected chi connectivity index (χ3v) is 11.1. The van der Waals surface area contributed by atoms with E-state index in [2.05, 4.69) is 228 Å². The Morgan fingerprint density at radius 1 is 0.394 bits per heavy atom. The molecule has 0 fully saturated rings. The van der Waals surface area contributed by atoms with Crippen LogP contribution in [0.15, 0.2) is 231 Å². The smallest absolute Gasteiger partial charge is 0.0184 e. The van der Waals surface area contributed by atoms with E-state index >= 15 is 0 Å². The second kappa shape index (κ2) is 26.0. The Bertz CT molecular complexity index is 2460. The normalized spacial score (nSPS) is 10.7. The maximum atomic E-state index is 3.88. The van der Waals surface area contributed by atoms with Gasteiger partial charge >= 0.3 is 28.4 Å². The van der Waals surface area contributed by atoms with E-state index < -0.39 is 0 Å². The van der Waals surface area contributed by atoms with E-state index in [-0.39, 0.29) is 35.6 Å². The molecule has 0 aliphatic heterocycles. The Morgan fingerprint density at radius 2 is 0.727 bits per heavy atom. The monoisotopic (exact) mass is 976 g/mol. The second-order valence-corrected chi connectivity index (χ2v) is 17.8. The maximum Gasteiger partial charge on any atom is -0.0184 e. The van der Waals surface area contributed by atoms with E-state index in [4.69, 9.17) is 0 Å². The topological polar surface area (TPSA) is 0 Å². The predicted molar refractivity (Wildman–Crippen MR) is 275 cm³/mol. The van der Waals surface area contributed by atoms with Gasteiger partial charge in [-0.25, -0.2) is 12.1 Å². The molecule has 10 rings (SSSR count). The Hall–Kier alpha value is -5.56. The van der Waals surface area contributed by atoms with Crippen LogP contribution in [0.4, 0.5) is 0 Å². The van der Waals surface area contributed by atoms with Crippen molar-refractivity contribution in [3.8, 4) is 55.6 Å². The third-order valence-electron chi connectivity index (χ3n) is 11.1. The summed E-state index contributed by atoms with van der Waals surface area (Å²) in [5.74, 6) is 0. The molecule has 9 aromatic rings. The first-order chi connectivity index (χ1) is 31.1. The van der Waals surface area contributed by atoms with Gasteiger partial charge in [-0.05, 0) is 61.8 Å². The van der Waals surface area contributed by atoms with Gasteiger partial charge in [0.2, 0.25) is 0 Å². The molecule has 66 heavy (non-hydrogen) atoms. The van der Waals surface area contributed by atoms with E-state index in [9.17, 15) is 0 Å². The molecule has 0 saturated carbocycles. The standard InChI is InChI=1S/C33H33.2C12H10.C5H5.CH2.2ClH.Zr/c1-32(2,3)30-20-26-24(18-28(30)22-13-9-7-10-14-22)17-25-19-29(23-15-11-8-12-16-23)31(21-27(25)26)33(4,5)6;2*1-3-7-11(8-4-1)12-9-5-2-6-10-12;1-2-4-5-3-1;;;;/h7-16,18,20-21H,17H2,1-6H3;2*1-10H;1-5H;1H2;2*1H;/q-1;;;-1;;;;+2/p-2. The van der Waals surface area contributed by atoms with Crippen LogP contribution in [0.5, 0.6) is 0 Å². The molecule has 0 unspecified atom stereocenters. The van der Waals surface area contributed by atoms with Gasteiger partial charge in [-0.1, -0.05) is 252 Å². The minimum absolute atomic E-state index is 0. The van der Waals surface area contributed by atoms with Crippen molar-refractivity contribution in [1.29, 1.82) is 0 Å². The summed E-state index contributed by atoms with van der Waals surface area (Å²) >= 11 is 1.30. The van der Waals surface area contributed by atoms with E-state index in [1.54, 1.807) is 0 Å². The minimum Gasteiger partial charge on any atom is -1.00 e. The molecule has 0 spiro atoms. The molecular formula is C63H60Cl2Zr-2. The SMILES string of the molecule is CC(C)(C)c1cc2c([c-]c1-c1ccccc1)Cc1cc(-c3ccccc3)c(C(C)(C)C)cc1-2.[CH2]=[Zr+2].[Cl-].[Cl-].c1cc[cH-]c1.c1ccc(-c2ccccc2)cc1.c1ccc(-c2ccccc2)cc1. The molecule has 0 aromatic heterocycles. The van der Waals surface area contributed by atoms with Gasteiger partial charge in [-0.15, -0.1) is 28.8 Å². The Balaban J connectivity index is 0.000000235. The number of benzene rings is 8. The summed E-state index contributed by atoms with van der Waals surface area (Å²) in [5.41, 5.74) is 18.6. The van der Waals surface area contributed by atoms with E-state index in [0.29, 0.717) is 0 Å². The van der Waals surface area contributed by atoms with Crippen molar-refractivity contribution >= 4 is 4.21 Å². The number of hydrogen-bond acceptors (Lipinski definition) is 0. The molecular weight excluding hydrogens is 919 g/mol. The molecule has 1 aliphatic rings. The van der Waals surface area contributed by atoms with Crippen LogP contribution >= 0.6 is 0 Å². The van der Waals surface area contributed by atoms with Crippen LogP contribution in [-0.4, -0.2) is 4.21 Å². The molecule has 0 amide bonds. The van der Waals surface area contributed by atoms with Crippen LogP contribution in [0, 0.1) is 6.07 Å².